The van der Waals surface area contributed by atoms with E-state index < -0.39 is 5.91 Å². The van der Waals surface area contributed by atoms with E-state index in [9.17, 15) is 15.0 Å². The summed E-state index contributed by atoms with van der Waals surface area (Å²) in [4.78, 5) is 10.9. The number of hydrogen-bond donors (Lipinski definition) is 4. The van der Waals surface area contributed by atoms with E-state index in [0.717, 1.165) is 10.8 Å². The number of primary amides is 1. The van der Waals surface area contributed by atoms with Gasteiger partial charge in [-0.05, 0) is 42.0 Å². The van der Waals surface area contributed by atoms with Crippen molar-refractivity contribution in [2.24, 2.45) is 5.73 Å². The van der Waals surface area contributed by atoms with E-state index in [0.29, 0.717) is 10.6 Å². The first-order valence-corrected chi connectivity index (χ1v) is 8.21. The third-order valence-electron chi connectivity index (χ3n) is 3.56. The smallest absolute Gasteiger partial charge is 0.252 e. The Hall–Kier alpha value is -2.76. The second kappa shape index (κ2) is 8.08. The van der Waals surface area contributed by atoms with E-state index in [4.69, 9.17) is 34.3 Å². The summed E-state index contributed by atoms with van der Waals surface area (Å²) in [5, 5.41) is 28.5. The van der Waals surface area contributed by atoms with Crippen molar-refractivity contribution in [2.75, 3.05) is 0 Å². The second-order valence-corrected chi connectivity index (χ2v) is 6.33. The van der Waals surface area contributed by atoms with Gasteiger partial charge >= 0.3 is 0 Å². The molecular weight excluding hydrogens is 375 g/mol. The number of hydrogen-bond acceptors (Lipinski definition) is 4. The molecule has 5 nitrogen and oxygen atoms in total. The first-order chi connectivity index (χ1) is 12.2. The molecule has 1 amide bonds. The van der Waals surface area contributed by atoms with Gasteiger partial charge in [0.15, 0.2) is 0 Å². The summed E-state index contributed by atoms with van der Waals surface area (Å²) in [5.41, 5.74) is 5.86. The zero-order chi connectivity index (χ0) is 19.4. The standard InChI is InChI=1S/C11H9NO2.C8H7Cl2NO/c12-11(14)9-5-7-3-1-2-4-8(7)6-10(9)13;1-4(11)6-2-5(9)3-7(10)8(6)12/h1-6,13H,(H2,12,14);2-3,11-12H,1H3. The first-order valence-electron chi connectivity index (χ1n) is 7.45. The molecule has 0 spiro atoms. The zero-order valence-corrected chi connectivity index (χ0v) is 15.3. The SMILES string of the molecule is CC(=N)c1cc(Cl)cc(Cl)c1O.NC(=O)c1cc2ccccc2cc1O. The topological polar surface area (TPSA) is 107 Å². The van der Waals surface area contributed by atoms with Crippen molar-refractivity contribution in [1.82, 2.24) is 0 Å². The molecule has 3 aromatic carbocycles. The van der Waals surface area contributed by atoms with Crippen molar-refractivity contribution in [3.8, 4) is 11.5 Å². The number of phenolic OH excluding ortho intramolecular Hbond substituents is 1. The number of nitrogens with two attached hydrogens (primary N) is 1. The number of rotatable bonds is 2. The molecule has 3 aromatic rings. The summed E-state index contributed by atoms with van der Waals surface area (Å²) in [6.45, 7) is 1.56. The van der Waals surface area contributed by atoms with Crippen molar-refractivity contribution >= 4 is 45.6 Å². The number of halogens is 2. The number of carbonyl (C=O) groups is 1. The van der Waals surface area contributed by atoms with Crippen molar-refractivity contribution in [2.45, 2.75) is 6.92 Å². The average Bonchev–Trinajstić information content (AvgIpc) is 2.57. The first kappa shape index (κ1) is 19.6. The summed E-state index contributed by atoms with van der Waals surface area (Å²) in [7, 11) is 0. The monoisotopic (exact) mass is 390 g/mol. The highest BCUT2D eigenvalue weighted by Gasteiger charge is 2.09. The van der Waals surface area contributed by atoms with Crippen LogP contribution in [0.4, 0.5) is 0 Å². The van der Waals surface area contributed by atoms with Crippen LogP contribution in [-0.4, -0.2) is 21.8 Å². The Morgan fingerprint density at radius 2 is 1.58 bits per heavy atom. The second-order valence-electron chi connectivity index (χ2n) is 5.49. The maximum Gasteiger partial charge on any atom is 0.252 e. The van der Waals surface area contributed by atoms with Gasteiger partial charge in [0.25, 0.3) is 5.91 Å². The van der Waals surface area contributed by atoms with Gasteiger partial charge in [0, 0.05) is 16.3 Å². The summed E-state index contributed by atoms with van der Waals surface area (Å²) in [6.07, 6.45) is 0. The molecule has 26 heavy (non-hydrogen) atoms. The van der Waals surface area contributed by atoms with Gasteiger partial charge in [-0.2, -0.15) is 0 Å². The predicted octanol–water partition coefficient (Wildman–Crippen LogP) is 4.73. The highest BCUT2D eigenvalue weighted by molar-refractivity contribution is 6.36. The molecule has 0 bridgehead atoms. The Labute approximate surface area is 160 Å². The zero-order valence-electron chi connectivity index (χ0n) is 13.8. The van der Waals surface area contributed by atoms with Gasteiger partial charge in [0.2, 0.25) is 0 Å². The van der Waals surface area contributed by atoms with Crippen molar-refractivity contribution in [3.05, 3.63) is 69.7 Å². The number of benzene rings is 3. The van der Waals surface area contributed by atoms with Gasteiger partial charge in [-0.25, -0.2) is 0 Å². The van der Waals surface area contributed by atoms with E-state index in [1.54, 1.807) is 13.0 Å². The molecule has 0 radical (unpaired) electrons. The van der Waals surface area contributed by atoms with Crippen molar-refractivity contribution in [1.29, 1.82) is 5.41 Å². The van der Waals surface area contributed by atoms with Crippen LogP contribution in [0.2, 0.25) is 10.0 Å². The lowest BCUT2D eigenvalue weighted by molar-refractivity contribution is 0.0998. The molecule has 0 saturated heterocycles. The maximum atomic E-state index is 10.9. The van der Waals surface area contributed by atoms with Crippen LogP contribution in [-0.2, 0) is 0 Å². The lowest BCUT2D eigenvalue weighted by Gasteiger charge is -2.04. The predicted molar refractivity (Wildman–Crippen MR) is 105 cm³/mol. The lowest BCUT2D eigenvalue weighted by atomic mass is 10.1. The fraction of sp³-hybridized carbons (Fsp3) is 0.0526. The summed E-state index contributed by atoms with van der Waals surface area (Å²) in [6, 6.07) is 13.5. The Kier molecular flexibility index (Phi) is 6.08. The van der Waals surface area contributed by atoms with Crippen molar-refractivity contribution in [3.63, 3.8) is 0 Å². The van der Waals surface area contributed by atoms with Crippen LogP contribution in [0.3, 0.4) is 0 Å². The van der Waals surface area contributed by atoms with E-state index in [2.05, 4.69) is 0 Å². The summed E-state index contributed by atoms with van der Waals surface area (Å²) in [5.74, 6) is -0.780. The molecule has 0 unspecified atom stereocenters. The molecule has 0 aliphatic carbocycles. The van der Waals surface area contributed by atoms with E-state index in [1.807, 2.05) is 24.3 Å². The Balaban J connectivity index is 0.000000190. The minimum absolute atomic E-state index is 0.0730. The maximum absolute atomic E-state index is 10.9. The van der Waals surface area contributed by atoms with Crippen LogP contribution in [0.1, 0.15) is 22.8 Å². The largest absolute Gasteiger partial charge is 0.507 e. The molecule has 7 heteroatoms. The van der Waals surface area contributed by atoms with E-state index in [-0.39, 0.29) is 27.8 Å². The van der Waals surface area contributed by atoms with Gasteiger partial charge in [-0.15, -0.1) is 0 Å². The van der Waals surface area contributed by atoms with E-state index in [1.165, 1.54) is 18.2 Å². The van der Waals surface area contributed by atoms with Gasteiger partial charge in [-0.3, -0.25) is 4.79 Å². The van der Waals surface area contributed by atoms with Crippen LogP contribution >= 0.6 is 23.2 Å². The fourth-order valence-electron chi connectivity index (χ4n) is 2.28. The molecule has 0 fully saturated rings. The summed E-state index contributed by atoms with van der Waals surface area (Å²) < 4.78 is 0. The number of fused-ring (bicyclic) bond motifs is 1. The molecule has 5 N–H and O–H groups in total. The number of amides is 1. The number of nitrogens with one attached hydrogen (secondary N) is 1. The molecule has 134 valence electrons. The third kappa shape index (κ3) is 4.45. The van der Waals surface area contributed by atoms with Crippen LogP contribution in [0, 0.1) is 5.41 Å². The fourth-order valence-corrected chi connectivity index (χ4v) is 2.77. The lowest BCUT2D eigenvalue weighted by Crippen LogP contribution is -2.10. The quantitative estimate of drug-likeness (QED) is 0.474. The minimum atomic E-state index is -0.617. The van der Waals surface area contributed by atoms with Gasteiger partial charge < -0.3 is 21.4 Å². The van der Waals surface area contributed by atoms with Gasteiger partial charge in [0.05, 0.1) is 10.6 Å². The summed E-state index contributed by atoms with van der Waals surface area (Å²) >= 11 is 11.3. The molecule has 0 heterocycles. The highest BCUT2D eigenvalue weighted by Crippen LogP contribution is 2.31. The molecule has 0 saturated carbocycles. The molecule has 0 atom stereocenters. The molecule has 0 aliphatic heterocycles. The van der Waals surface area contributed by atoms with Crippen LogP contribution in [0.25, 0.3) is 10.8 Å². The van der Waals surface area contributed by atoms with Gasteiger partial charge in [0.1, 0.15) is 11.5 Å². The Morgan fingerprint density at radius 3 is 2.12 bits per heavy atom. The number of carbonyl (C=O) groups excluding carboxylic acids is 1. The minimum Gasteiger partial charge on any atom is -0.507 e. The third-order valence-corrected chi connectivity index (χ3v) is 4.07. The average molecular weight is 391 g/mol. The molecular formula is C19H16Cl2N2O3. The van der Waals surface area contributed by atoms with Crippen LogP contribution < -0.4 is 5.73 Å². The molecule has 0 aromatic heterocycles. The van der Waals surface area contributed by atoms with Gasteiger partial charge in [-0.1, -0.05) is 47.5 Å². The normalized spacial score (nSPS) is 10.1. The van der Waals surface area contributed by atoms with Crippen molar-refractivity contribution < 1.29 is 15.0 Å². The number of aromatic hydroxyl groups is 2. The molecule has 0 aliphatic rings. The Morgan fingerprint density at radius 1 is 1.00 bits per heavy atom. The Bertz CT molecular complexity index is 1000. The highest BCUT2D eigenvalue weighted by atomic mass is 35.5. The molecule has 3 rings (SSSR count). The van der Waals surface area contributed by atoms with E-state index >= 15 is 0 Å². The number of phenols is 2. The van der Waals surface area contributed by atoms with Crippen LogP contribution in [0.15, 0.2) is 48.5 Å². The van der Waals surface area contributed by atoms with Crippen LogP contribution in [0.5, 0.6) is 11.5 Å².